The summed E-state index contributed by atoms with van der Waals surface area (Å²) in [6, 6.07) is 10.5. The van der Waals surface area contributed by atoms with Crippen LogP contribution in [0.2, 0.25) is 0 Å². The average molecular weight is 280 g/mol. The number of hydrogen-bond acceptors (Lipinski definition) is 4. The molecule has 21 heavy (non-hydrogen) atoms. The molecule has 4 rings (SSSR count). The van der Waals surface area contributed by atoms with E-state index in [1.807, 2.05) is 19.3 Å². The van der Waals surface area contributed by atoms with Crippen molar-refractivity contribution >= 4 is 0 Å². The molecular formula is C16H16N4O. The van der Waals surface area contributed by atoms with Gasteiger partial charge < -0.3 is 4.52 Å². The molecule has 1 aromatic carbocycles. The maximum absolute atomic E-state index is 5.59. The van der Waals surface area contributed by atoms with Crippen LogP contribution in [0.1, 0.15) is 30.7 Å². The Kier molecular flexibility index (Phi) is 2.67. The quantitative estimate of drug-likeness (QED) is 0.740. The van der Waals surface area contributed by atoms with Crippen LogP contribution < -0.4 is 0 Å². The van der Waals surface area contributed by atoms with E-state index >= 15 is 0 Å². The Morgan fingerprint density at radius 2 is 2.00 bits per heavy atom. The van der Waals surface area contributed by atoms with Crippen LogP contribution >= 0.6 is 0 Å². The van der Waals surface area contributed by atoms with Crippen molar-refractivity contribution in [2.75, 3.05) is 0 Å². The zero-order valence-electron chi connectivity index (χ0n) is 11.9. The first-order valence-electron chi connectivity index (χ1n) is 7.17. The minimum absolute atomic E-state index is 0.102. The van der Waals surface area contributed by atoms with E-state index in [1.54, 1.807) is 10.9 Å². The highest BCUT2D eigenvalue weighted by Crippen LogP contribution is 2.48. The van der Waals surface area contributed by atoms with Gasteiger partial charge in [0.15, 0.2) is 0 Å². The minimum atomic E-state index is -0.102. The molecule has 2 aromatic heterocycles. The Labute approximate surface area is 122 Å². The second-order valence-corrected chi connectivity index (χ2v) is 5.63. The number of benzene rings is 1. The summed E-state index contributed by atoms with van der Waals surface area (Å²) in [5.41, 5.74) is 2.04. The first-order valence-corrected chi connectivity index (χ1v) is 7.17. The predicted octanol–water partition coefficient (Wildman–Crippen LogP) is 2.94. The molecule has 1 saturated carbocycles. The molecule has 1 aliphatic carbocycles. The zero-order valence-corrected chi connectivity index (χ0v) is 11.9. The topological polar surface area (TPSA) is 56.7 Å². The van der Waals surface area contributed by atoms with Crippen LogP contribution in [0.4, 0.5) is 0 Å². The van der Waals surface area contributed by atoms with Crippen LogP contribution in [-0.4, -0.2) is 19.9 Å². The second kappa shape index (κ2) is 4.55. The third-order valence-electron chi connectivity index (χ3n) is 4.33. The number of aryl methyl sites for hydroxylation is 1. The summed E-state index contributed by atoms with van der Waals surface area (Å²) in [6.45, 7) is 0. The molecule has 0 aliphatic heterocycles. The highest BCUT2D eigenvalue weighted by molar-refractivity contribution is 5.51. The zero-order chi connectivity index (χ0) is 14.3. The molecule has 5 heteroatoms. The summed E-state index contributed by atoms with van der Waals surface area (Å²) in [5, 5.41) is 8.29. The summed E-state index contributed by atoms with van der Waals surface area (Å²) in [5.74, 6) is 1.33. The van der Waals surface area contributed by atoms with Crippen LogP contribution in [0.15, 0.2) is 47.2 Å². The third-order valence-corrected chi connectivity index (χ3v) is 4.33. The van der Waals surface area contributed by atoms with E-state index in [1.165, 1.54) is 12.0 Å². The van der Waals surface area contributed by atoms with Gasteiger partial charge in [0.05, 0.1) is 17.2 Å². The van der Waals surface area contributed by atoms with E-state index in [9.17, 15) is 0 Å². The van der Waals surface area contributed by atoms with Gasteiger partial charge in [-0.15, -0.1) is 0 Å². The Balaban J connectivity index is 1.74. The van der Waals surface area contributed by atoms with E-state index in [0.717, 1.165) is 24.3 Å². The Morgan fingerprint density at radius 3 is 2.62 bits per heavy atom. The van der Waals surface area contributed by atoms with Gasteiger partial charge in [0.25, 0.3) is 0 Å². The number of aromatic nitrogens is 4. The second-order valence-electron chi connectivity index (χ2n) is 5.63. The molecule has 5 nitrogen and oxygen atoms in total. The largest absolute Gasteiger partial charge is 0.338 e. The average Bonchev–Trinajstić information content (AvgIpc) is 3.08. The van der Waals surface area contributed by atoms with Gasteiger partial charge in [-0.1, -0.05) is 41.9 Å². The lowest BCUT2D eigenvalue weighted by molar-refractivity contribution is 0.216. The van der Waals surface area contributed by atoms with E-state index in [2.05, 4.69) is 39.5 Å². The van der Waals surface area contributed by atoms with Gasteiger partial charge >= 0.3 is 0 Å². The lowest BCUT2D eigenvalue weighted by atomic mass is 9.64. The molecule has 2 heterocycles. The molecule has 106 valence electrons. The van der Waals surface area contributed by atoms with Gasteiger partial charge in [0, 0.05) is 13.2 Å². The lowest BCUT2D eigenvalue weighted by Crippen LogP contribution is -2.35. The molecule has 0 radical (unpaired) electrons. The normalized spacial score (nSPS) is 16.6. The van der Waals surface area contributed by atoms with Crippen molar-refractivity contribution < 1.29 is 4.52 Å². The van der Waals surface area contributed by atoms with Gasteiger partial charge in [-0.05, 0) is 18.4 Å². The van der Waals surface area contributed by atoms with Gasteiger partial charge in [-0.25, -0.2) is 0 Å². The summed E-state index contributed by atoms with van der Waals surface area (Å²) in [4.78, 5) is 4.63. The van der Waals surface area contributed by atoms with Crippen LogP contribution in [0.25, 0.3) is 11.4 Å². The predicted molar refractivity (Wildman–Crippen MR) is 77.6 cm³/mol. The maximum Gasteiger partial charge on any atom is 0.237 e. The number of hydrogen-bond donors (Lipinski definition) is 0. The highest BCUT2D eigenvalue weighted by Gasteiger charge is 2.45. The maximum atomic E-state index is 5.59. The first-order chi connectivity index (χ1) is 10.3. The molecule has 0 atom stereocenters. The van der Waals surface area contributed by atoms with Crippen LogP contribution in [0, 0.1) is 0 Å². The van der Waals surface area contributed by atoms with Crippen LogP contribution in [-0.2, 0) is 12.5 Å². The van der Waals surface area contributed by atoms with Gasteiger partial charge in [-0.2, -0.15) is 10.1 Å². The molecule has 1 aliphatic rings. The van der Waals surface area contributed by atoms with Crippen LogP contribution in [0.3, 0.4) is 0 Å². The molecule has 0 bridgehead atoms. The van der Waals surface area contributed by atoms with Crippen LogP contribution in [0.5, 0.6) is 0 Å². The smallest absolute Gasteiger partial charge is 0.237 e. The minimum Gasteiger partial charge on any atom is -0.338 e. The molecule has 0 amide bonds. The molecular weight excluding hydrogens is 264 g/mol. The van der Waals surface area contributed by atoms with E-state index < -0.39 is 0 Å². The fraction of sp³-hybridized carbons (Fsp3) is 0.312. The summed E-state index contributed by atoms with van der Waals surface area (Å²) < 4.78 is 7.33. The molecule has 3 aromatic rings. The summed E-state index contributed by atoms with van der Waals surface area (Å²) in [7, 11) is 1.88. The molecule has 0 unspecified atom stereocenters. The molecule has 0 saturated heterocycles. The van der Waals surface area contributed by atoms with Crippen molar-refractivity contribution in [2.24, 2.45) is 7.05 Å². The van der Waals surface area contributed by atoms with E-state index in [-0.39, 0.29) is 5.41 Å². The fourth-order valence-electron chi connectivity index (χ4n) is 2.99. The van der Waals surface area contributed by atoms with Crippen molar-refractivity contribution in [1.82, 2.24) is 19.9 Å². The first kappa shape index (κ1) is 12.3. The molecule has 0 spiro atoms. The van der Waals surface area contributed by atoms with Crippen molar-refractivity contribution in [2.45, 2.75) is 24.7 Å². The monoisotopic (exact) mass is 280 g/mol. The van der Waals surface area contributed by atoms with Gasteiger partial charge in [-0.3, -0.25) is 4.68 Å². The third kappa shape index (κ3) is 1.88. The standard InChI is InChI=1S/C16H16N4O/c1-20-11-12(10-17-20)14-18-15(21-19-14)16(8-5-9-16)13-6-3-2-4-7-13/h2-4,6-7,10-11H,5,8-9H2,1H3. The summed E-state index contributed by atoms with van der Waals surface area (Å²) >= 11 is 0. The van der Waals surface area contributed by atoms with Crippen molar-refractivity contribution in [3.05, 3.63) is 54.2 Å². The van der Waals surface area contributed by atoms with E-state index in [4.69, 9.17) is 4.52 Å². The fourth-order valence-corrected chi connectivity index (χ4v) is 2.99. The number of rotatable bonds is 3. The Hall–Kier alpha value is -2.43. The molecule has 0 N–H and O–H groups in total. The highest BCUT2D eigenvalue weighted by atomic mass is 16.5. The Morgan fingerprint density at radius 1 is 1.19 bits per heavy atom. The summed E-state index contributed by atoms with van der Waals surface area (Å²) in [6.07, 6.45) is 6.96. The molecule has 1 fully saturated rings. The van der Waals surface area contributed by atoms with Crippen molar-refractivity contribution in [3.63, 3.8) is 0 Å². The van der Waals surface area contributed by atoms with Gasteiger partial charge in [0.2, 0.25) is 11.7 Å². The number of nitrogens with zero attached hydrogens (tertiary/aromatic N) is 4. The van der Waals surface area contributed by atoms with E-state index in [0.29, 0.717) is 5.82 Å². The SMILES string of the molecule is Cn1cc(-c2noc(C3(c4ccccc4)CCC3)n2)cn1. The van der Waals surface area contributed by atoms with Gasteiger partial charge in [0.1, 0.15) is 0 Å². The lowest BCUT2D eigenvalue weighted by Gasteiger charge is -2.38. The van der Waals surface area contributed by atoms with Crippen molar-refractivity contribution in [1.29, 1.82) is 0 Å². The van der Waals surface area contributed by atoms with Crippen molar-refractivity contribution in [3.8, 4) is 11.4 Å². The Bertz CT molecular complexity index is 755.